The fourth-order valence-corrected chi connectivity index (χ4v) is 2.62. The Labute approximate surface area is 169 Å². The zero-order valence-corrected chi connectivity index (χ0v) is 15.5. The van der Waals surface area contributed by atoms with E-state index in [0.717, 1.165) is 35.4 Å². The lowest BCUT2D eigenvalue weighted by Gasteiger charge is -2.08. The summed E-state index contributed by atoms with van der Waals surface area (Å²) in [7, 11) is 0. The van der Waals surface area contributed by atoms with E-state index in [2.05, 4.69) is 10.6 Å². The van der Waals surface area contributed by atoms with Crippen LogP contribution < -0.4 is 10.6 Å². The van der Waals surface area contributed by atoms with Crippen LogP contribution in [0.1, 0.15) is 31.8 Å². The number of rotatable bonds is 6. The van der Waals surface area contributed by atoms with Gasteiger partial charge in [0.1, 0.15) is 0 Å². The van der Waals surface area contributed by atoms with E-state index in [1.54, 1.807) is 24.3 Å². The predicted octanol–water partition coefficient (Wildman–Crippen LogP) is 4.10. The summed E-state index contributed by atoms with van der Waals surface area (Å²) >= 11 is 0. The summed E-state index contributed by atoms with van der Waals surface area (Å²) in [5.41, 5.74) is 1.51. The molecular weight excluding hydrogens is 400 g/mol. The molecule has 0 spiro atoms. The van der Waals surface area contributed by atoms with Crippen molar-refractivity contribution in [3.8, 4) is 0 Å². The van der Waals surface area contributed by atoms with Crippen molar-refractivity contribution in [2.75, 3.05) is 0 Å². The summed E-state index contributed by atoms with van der Waals surface area (Å²) in [5, 5.41) is 5.20. The first-order valence-electron chi connectivity index (χ1n) is 8.88. The maximum absolute atomic E-state index is 13.2. The van der Waals surface area contributed by atoms with Gasteiger partial charge >= 0.3 is 0 Å². The van der Waals surface area contributed by atoms with Gasteiger partial charge in [-0.15, -0.1) is 0 Å². The smallest absolute Gasteiger partial charge is 0.251 e. The largest absolute Gasteiger partial charge is 0.348 e. The third-order valence-corrected chi connectivity index (χ3v) is 4.29. The molecule has 0 saturated heterocycles. The van der Waals surface area contributed by atoms with Gasteiger partial charge in [-0.05, 0) is 47.5 Å². The highest BCUT2D eigenvalue weighted by Gasteiger charge is 2.11. The molecule has 0 aliphatic heterocycles. The van der Waals surface area contributed by atoms with E-state index in [0.29, 0.717) is 0 Å². The van der Waals surface area contributed by atoms with E-state index < -0.39 is 35.1 Å². The van der Waals surface area contributed by atoms with Crippen LogP contribution in [0, 0.1) is 23.3 Å². The monoisotopic (exact) mass is 416 g/mol. The molecule has 3 rings (SSSR count). The van der Waals surface area contributed by atoms with Crippen molar-refractivity contribution in [2.45, 2.75) is 13.1 Å². The Balaban J connectivity index is 1.52. The van der Waals surface area contributed by atoms with Crippen molar-refractivity contribution < 1.29 is 27.2 Å². The summed E-state index contributed by atoms with van der Waals surface area (Å²) in [5.74, 6) is -5.35. The fourth-order valence-electron chi connectivity index (χ4n) is 2.62. The molecule has 0 bridgehead atoms. The average Bonchev–Trinajstić information content (AvgIpc) is 2.74. The summed E-state index contributed by atoms with van der Waals surface area (Å²) in [6.45, 7) is 0.332. The highest BCUT2D eigenvalue weighted by atomic mass is 19.2. The van der Waals surface area contributed by atoms with Crippen molar-refractivity contribution in [1.82, 2.24) is 10.6 Å². The van der Waals surface area contributed by atoms with Crippen LogP contribution in [0.25, 0.3) is 0 Å². The minimum atomic E-state index is -1.10. The Kier molecular flexibility index (Phi) is 6.46. The van der Waals surface area contributed by atoms with Crippen LogP contribution in [0.2, 0.25) is 0 Å². The first kappa shape index (κ1) is 21.0. The van der Waals surface area contributed by atoms with Crippen molar-refractivity contribution in [1.29, 1.82) is 0 Å². The van der Waals surface area contributed by atoms with E-state index in [4.69, 9.17) is 0 Å². The van der Waals surface area contributed by atoms with Gasteiger partial charge in [-0.25, -0.2) is 17.6 Å². The molecule has 0 radical (unpaired) electrons. The quantitative estimate of drug-likeness (QED) is 0.595. The Hall–Kier alpha value is -3.68. The fraction of sp³-hybridized carbons (Fsp3) is 0.0909. The number of hydrogen-bond acceptors (Lipinski definition) is 2. The zero-order chi connectivity index (χ0) is 21.7. The second-order valence-corrected chi connectivity index (χ2v) is 6.44. The Morgan fingerprint density at radius 1 is 0.567 bits per heavy atom. The number of halogens is 4. The number of carbonyl (C=O) groups excluding carboxylic acids is 2. The number of hydrogen-bond donors (Lipinski definition) is 2. The van der Waals surface area contributed by atoms with Crippen molar-refractivity contribution in [3.63, 3.8) is 0 Å². The molecule has 4 nitrogen and oxygen atoms in total. The van der Waals surface area contributed by atoms with Gasteiger partial charge in [0.25, 0.3) is 11.8 Å². The van der Waals surface area contributed by atoms with Gasteiger partial charge in [0, 0.05) is 24.2 Å². The zero-order valence-electron chi connectivity index (χ0n) is 15.5. The van der Waals surface area contributed by atoms with Crippen LogP contribution in [0.3, 0.4) is 0 Å². The lowest BCUT2D eigenvalue weighted by molar-refractivity contribution is 0.0942. The SMILES string of the molecule is O=C(NCc1ccc(CNC(=O)c2ccc(F)c(F)c2)cc1)c1ccc(F)c(F)c1. The molecule has 0 aliphatic rings. The van der Waals surface area contributed by atoms with Crippen molar-refractivity contribution >= 4 is 11.8 Å². The highest BCUT2D eigenvalue weighted by Crippen LogP contribution is 2.11. The molecule has 0 atom stereocenters. The van der Waals surface area contributed by atoms with Crippen molar-refractivity contribution in [2.24, 2.45) is 0 Å². The molecule has 154 valence electrons. The van der Waals surface area contributed by atoms with Gasteiger partial charge in [-0.2, -0.15) is 0 Å². The van der Waals surface area contributed by atoms with Crippen LogP contribution >= 0.6 is 0 Å². The van der Waals surface area contributed by atoms with Gasteiger partial charge in [0.2, 0.25) is 0 Å². The molecule has 0 unspecified atom stereocenters. The highest BCUT2D eigenvalue weighted by molar-refractivity contribution is 5.94. The summed E-state index contributed by atoms with van der Waals surface area (Å²) in [4.78, 5) is 24.0. The minimum Gasteiger partial charge on any atom is -0.348 e. The molecule has 2 amide bonds. The number of amides is 2. The van der Waals surface area contributed by atoms with Crippen LogP contribution in [0.4, 0.5) is 17.6 Å². The lowest BCUT2D eigenvalue weighted by atomic mass is 10.1. The summed E-state index contributed by atoms with van der Waals surface area (Å²) in [6.07, 6.45) is 0. The van der Waals surface area contributed by atoms with Crippen LogP contribution in [-0.4, -0.2) is 11.8 Å². The minimum absolute atomic E-state index is 0.00506. The molecule has 3 aromatic rings. The lowest BCUT2D eigenvalue weighted by Crippen LogP contribution is -2.23. The topological polar surface area (TPSA) is 58.2 Å². The van der Waals surface area contributed by atoms with Crippen LogP contribution in [0.15, 0.2) is 60.7 Å². The van der Waals surface area contributed by atoms with E-state index in [1.165, 1.54) is 12.1 Å². The van der Waals surface area contributed by atoms with Crippen LogP contribution in [0.5, 0.6) is 0 Å². The van der Waals surface area contributed by atoms with E-state index >= 15 is 0 Å². The molecule has 0 saturated carbocycles. The second-order valence-electron chi connectivity index (χ2n) is 6.44. The molecule has 8 heteroatoms. The molecule has 2 N–H and O–H groups in total. The predicted molar refractivity (Wildman–Crippen MR) is 101 cm³/mol. The Morgan fingerprint density at radius 3 is 1.27 bits per heavy atom. The van der Waals surface area contributed by atoms with Gasteiger partial charge in [-0.1, -0.05) is 24.3 Å². The molecule has 0 aromatic heterocycles. The maximum Gasteiger partial charge on any atom is 0.251 e. The second kappa shape index (κ2) is 9.21. The number of carbonyl (C=O) groups is 2. The molecule has 0 fully saturated rings. The Bertz CT molecular complexity index is 998. The first-order valence-corrected chi connectivity index (χ1v) is 8.88. The average molecular weight is 416 g/mol. The number of benzene rings is 3. The molecule has 30 heavy (non-hydrogen) atoms. The van der Waals surface area contributed by atoms with E-state index in [9.17, 15) is 27.2 Å². The third kappa shape index (κ3) is 5.22. The van der Waals surface area contributed by atoms with Gasteiger partial charge in [0.15, 0.2) is 23.3 Å². The van der Waals surface area contributed by atoms with E-state index in [-0.39, 0.29) is 24.2 Å². The molecule has 3 aromatic carbocycles. The van der Waals surface area contributed by atoms with Gasteiger partial charge < -0.3 is 10.6 Å². The van der Waals surface area contributed by atoms with Gasteiger partial charge in [0.05, 0.1) is 0 Å². The summed E-state index contributed by atoms with van der Waals surface area (Å²) < 4.78 is 52.3. The molecular formula is C22H16F4N2O2. The van der Waals surface area contributed by atoms with E-state index in [1.807, 2.05) is 0 Å². The maximum atomic E-state index is 13.2. The van der Waals surface area contributed by atoms with Crippen LogP contribution in [-0.2, 0) is 13.1 Å². The normalized spacial score (nSPS) is 10.5. The standard InChI is InChI=1S/C22H16F4N2O2/c23-17-7-5-15(9-19(17)25)21(29)27-11-13-1-2-14(4-3-13)12-28-22(30)16-6-8-18(24)20(26)10-16/h1-10H,11-12H2,(H,27,29)(H,28,30). The molecule has 0 heterocycles. The first-order chi connectivity index (χ1) is 14.3. The van der Waals surface area contributed by atoms with Gasteiger partial charge in [-0.3, -0.25) is 9.59 Å². The van der Waals surface area contributed by atoms with Crippen molar-refractivity contribution in [3.05, 3.63) is 106 Å². The number of nitrogens with one attached hydrogen (secondary N) is 2. The third-order valence-electron chi connectivity index (χ3n) is 4.29. The summed E-state index contributed by atoms with van der Waals surface area (Å²) in [6, 6.07) is 12.7. The molecule has 0 aliphatic carbocycles. The Morgan fingerprint density at radius 2 is 0.933 bits per heavy atom.